The maximum atomic E-state index is 13.4. The standard InChI is InChI=1S/C27H21N3O6S/c1-14-11-15(2)22-20(12-14)37-27(28-22)29-23(17-5-4-6-18(13-17)30(34)35)21(25(32)26(29)33)24(31)16-7-9-19(36-3)10-8-16/h4-13,23,31H,1-3H3/b24-21+/t23-/m1/s1. The van der Waals surface area contributed by atoms with Crippen LogP contribution in [0.2, 0.25) is 0 Å². The molecule has 1 aliphatic rings. The molecule has 186 valence electrons. The fraction of sp³-hybridized carbons (Fsp3) is 0.148. The number of carbonyl (C=O) groups is 2. The van der Waals surface area contributed by atoms with Crippen molar-refractivity contribution >= 4 is 49.8 Å². The van der Waals surface area contributed by atoms with E-state index in [4.69, 9.17) is 4.74 Å². The number of aliphatic hydroxyl groups excluding tert-OH is 1. The maximum Gasteiger partial charge on any atom is 0.301 e. The van der Waals surface area contributed by atoms with Gasteiger partial charge in [0.25, 0.3) is 11.5 Å². The average Bonchev–Trinajstić information content (AvgIpc) is 3.42. The zero-order valence-corrected chi connectivity index (χ0v) is 20.9. The Balaban J connectivity index is 1.75. The molecule has 1 aliphatic heterocycles. The van der Waals surface area contributed by atoms with E-state index in [-0.39, 0.29) is 16.4 Å². The van der Waals surface area contributed by atoms with E-state index >= 15 is 0 Å². The fourth-order valence-corrected chi connectivity index (χ4v) is 5.69. The van der Waals surface area contributed by atoms with Crippen molar-refractivity contribution in [3.8, 4) is 5.75 Å². The van der Waals surface area contributed by atoms with Crippen LogP contribution in [0.1, 0.15) is 28.3 Å². The van der Waals surface area contributed by atoms with Gasteiger partial charge >= 0.3 is 5.91 Å². The van der Waals surface area contributed by atoms with Gasteiger partial charge in [-0.15, -0.1) is 0 Å². The Bertz CT molecular complexity index is 1620. The number of aryl methyl sites for hydroxylation is 2. The van der Waals surface area contributed by atoms with Crippen LogP contribution in [-0.2, 0) is 9.59 Å². The number of rotatable bonds is 5. The molecule has 0 saturated carbocycles. The summed E-state index contributed by atoms with van der Waals surface area (Å²) < 4.78 is 6.00. The third-order valence-electron chi connectivity index (χ3n) is 6.23. The summed E-state index contributed by atoms with van der Waals surface area (Å²) in [5.74, 6) is -1.63. The lowest BCUT2D eigenvalue weighted by molar-refractivity contribution is -0.384. The molecule has 5 rings (SSSR count). The largest absolute Gasteiger partial charge is 0.507 e. The highest BCUT2D eigenvalue weighted by atomic mass is 32.1. The van der Waals surface area contributed by atoms with Crippen molar-refractivity contribution in [1.82, 2.24) is 4.98 Å². The molecule has 1 saturated heterocycles. The van der Waals surface area contributed by atoms with Gasteiger partial charge < -0.3 is 9.84 Å². The molecule has 9 nitrogen and oxygen atoms in total. The number of hydrogen-bond acceptors (Lipinski definition) is 8. The van der Waals surface area contributed by atoms with Gasteiger partial charge in [-0.3, -0.25) is 24.6 Å². The number of aromatic nitrogens is 1. The minimum Gasteiger partial charge on any atom is -0.507 e. The number of aliphatic hydroxyl groups is 1. The van der Waals surface area contributed by atoms with Gasteiger partial charge in [0, 0.05) is 17.7 Å². The number of nitro benzene ring substituents is 1. The number of nitro groups is 1. The minimum atomic E-state index is -1.12. The number of hydrogen-bond donors (Lipinski definition) is 1. The summed E-state index contributed by atoms with van der Waals surface area (Å²) >= 11 is 1.24. The molecule has 37 heavy (non-hydrogen) atoms. The summed E-state index contributed by atoms with van der Waals surface area (Å²) in [5, 5.41) is 23.0. The summed E-state index contributed by atoms with van der Waals surface area (Å²) in [7, 11) is 1.50. The average molecular weight is 516 g/mol. The fourth-order valence-electron chi connectivity index (χ4n) is 4.52. The first-order valence-corrected chi connectivity index (χ1v) is 12.1. The van der Waals surface area contributed by atoms with Crippen LogP contribution >= 0.6 is 11.3 Å². The third kappa shape index (κ3) is 4.11. The topological polar surface area (TPSA) is 123 Å². The van der Waals surface area contributed by atoms with Gasteiger partial charge in [-0.1, -0.05) is 29.5 Å². The number of benzene rings is 3. The number of amides is 1. The molecular weight excluding hydrogens is 494 g/mol. The first-order chi connectivity index (χ1) is 17.7. The van der Waals surface area contributed by atoms with E-state index in [1.165, 1.54) is 41.5 Å². The van der Waals surface area contributed by atoms with E-state index in [1.54, 1.807) is 30.3 Å². The normalized spacial score (nSPS) is 16.9. The Morgan fingerprint density at radius 3 is 2.51 bits per heavy atom. The molecule has 0 aliphatic carbocycles. The second-order valence-corrected chi connectivity index (χ2v) is 9.68. The van der Waals surface area contributed by atoms with Crippen LogP contribution in [-0.4, -0.2) is 33.8 Å². The number of non-ortho nitro benzene ring substituents is 1. The van der Waals surface area contributed by atoms with E-state index in [9.17, 15) is 24.8 Å². The highest BCUT2D eigenvalue weighted by Gasteiger charge is 2.48. The van der Waals surface area contributed by atoms with Crippen LogP contribution in [0.4, 0.5) is 10.8 Å². The van der Waals surface area contributed by atoms with Crippen molar-refractivity contribution in [2.75, 3.05) is 12.0 Å². The van der Waals surface area contributed by atoms with Crippen LogP contribution < -0.4 is 9.64 Å². The number of carbonyl (C=O) groups excluding carboxylic acids is 2. The van der Waals surface area contributed by atoms with Crippen molar-refractivity contribution in [3.63, 3.8) is 0 Å². The van der Waals surface area contributed by atoms with Gasteiger partial charge in [0.1, 0.15) is 11.5 Å². The number of anilines is 1. The van der Waals surface area contributed by atoms with Crippen LogP contribution in [0.5, 0.6) is 5.75 Å². The van der Waals surface area contributed by atoms with Gasteiger partial charge in [0.2, 0.25) is 0 Å². The number of thiazole rings is 1. The molecule has 0 spiro atoms. The summed E-state index contributed by atoms with van der Waals surface area (Å²) in [4.78, 5) is 43.6. The summed E-state index contributed by atoms with van der Waals surface area (Å²) in [6.45, 7) is 3.87. The van der Waals surface area contributed by atoms with Crippen LogP contribution in [0, 0.1) is 24.0 Å². The first kappa shape index (κ1) is 24.1. The molecule has 1 amide bonds. The van der Waals surface area contributed by atoms with E-state index in [2.05, 4.69) is 4.98 Å². The van der Waals surface area contributed by atoms with Gasteiger partial charge in [-0.2, -0.15) is 0 Å². The van der Waals surface area contributed by atoms with Crippen molar-refractivity contribution in [2.45, 2.75) is 19.9 Å². The lowest BCUT2D eigenvalue weighted by atomic mass is 9.95. The second kappa shape index (κ2) is 9.14. The Kier molecular flexibility index (Phi) is 5.96. The number of ether oxygens (including phenoxy) is 1. The maximum absolute atomic E-state index is 13.4. The third-order valence-corrected chi connectivity index (χ3v) is 7.23. The van der Waals surface area contributed by atoms with Crippen molar-refractivity contribution in [3.05, 3.63) is 98.6 Å². The lowest BCUT2D eigenvalue weighted by Crippen LogP contribution is -2.29. The number of ketones is 1. The molecule has 0 radical (unpaired) electrons. The zero-order chi connectivity index (χ0) is 26.4. The number of Topliss-reactive ketones (excluding diaryl/α,β-unsaturated/α-hetero) is 1. The Morgan fingerprint density at radius 1 is 1.11 bits per heavy atom. The molecule has 10 heteroatoms. The summed E-state index contributed by atoms with van der Waals surface area (Å²) in [6, 6.07) is 14.8. The van der Waals surface area contributed by atoms with Gasteiger partial charge in [-0.25, -0.2) is 4.98 Å². The lowest BCUT2D eigenvalue weighted by Gasteiger charge is -2.22. The smallest absolute Gasteiger partial charge is 0.301 e. The van der Waals surface area contributed by atoms with Crippen molar-refractivity contribution in [1.29, 1.82) is 0 Å². The predicted octanol–water partition coefficient (Wildman–Crippen LogP) is 5.46. The van der Waals surface area contributed by atoms with E-state index in [1.807, 2.05) is 26.0 Å². The highest BCUT2D eigenvalue weighted by molar-refractivity contribution is 7.22. The number of nitrogens with zero attached hydrogens (tertiary/aromatic N) is 3. The van der Waals surface area contributed by atoms with Crippen molar-refractivity contribution in [2.24, 2.45) is 0 Å². The number of fused-ring (bicyclic) bond motifs is 1. The Morgan fingerprint density at radius 2 is 1.84 bits per heavy atom. The van der Waals surface area contributed by atoms with Crippen LogP contribution in [0.25, 0.3) is 16.0 Å². The molecular formula is C27H21N3O6S. The summed E-state index contributed by atoms with van der Waals surface area (Å²) in [5.41, 5.74) is 2.85. The molecule has 0 unspecified atom stereocenters. The molecule has 4 aromatic rings. The van der Waals surface area contributed by atoms with Gasteiger partial charge in [-0.05, 0) is 60.9 Å². The molecule has 1 N–H and O–H groups in total. The molecule has 0 bridgehead atoms. The Labute approximate surface area is 215 Å². The quantitative estimate of drug-likeness (QED) is 0.123. The van der Waals surface area contributed by atoms with E-state index in [0.717, 1.165) is 15.8 Å². The molecule has 1 atom stereocenters. The molecule has 3 aromatic carbocycles. The predicted molar refractivity (Wildman–Crippen MR) is 140 cm³/mol. The second-order valence-electron chi connectivity index (χ2n) is 8.67. The first-order valence-electron chi connectivity index (χ1n) is 11.3. The Hall–Kier alpha value is -4.57. The van der Waals surface area contributed by atoms with Crippen molar-refractivity contribution < 1.29 is 24.4 Å². The van der Waals surface area contributed by atoms with Crippen LogP contribution in [0.3, 0.4) is 0 Å². The van der Waals surface area contributed by atoms with E-state index in [0.29, 0.717) is 22.4 Å². The molecule has 1 fully saturated rings. The molecule has 2 heterocycles. The van der Waals surface area contributed by atoms with Crippen LogP contribution in [0.15, 0.2) is 66.2 Å². The SMILES string of the molecule is COc1ccc(/C(O)=C2\C(=O)C(=O)N(c3nc4c(C)cc(C)cc4s3)[C@@H]2c2cccc([N+](=O)[O-])c2)cc1. The summed E-state index contributed by atoms with van der Waals surface area (Å²) in [6.07, 6.45) is 0. The van der Waals surface area contributed by atoms with Gasteiger partial charge in [0.05, 0.1) is 33.9 Å². The van der Waals surface area contributed by atoms with E-state index < -0.39 is 28.4 Å². The minimum absolute atomic E-state index is 0.178. The highest BCUT2D eigenvalue weighted by Crippen LogP contribution is 2.45. The zero-order valence-electron chi connectivity index (χ0n) is 20.1. The number of methoxy groups -OCH3 is 1. The van der Waals surface area contributed by atoms with Gasteiger partial charge in [0.15, 0.2) is 5.13 Å². The monoisotopic (exact) mass is 515 g/mol. The molecule has 1 aromatic heterocycles.